The van der Waals surface area contributed by atoms with Crippen molar-refractivity contribution in [3.8, 4) is 0 Å². The Morgan fingerprint density at radius 3 is 2.79 bits per heavy atom. The second-order valence-corrected chi connectivity index (χ2v) is 4.06. The summed E-state index contributed by atoms with van der Waals surface area (Å²) in [6.07, 6.45) is 2.21. The molecule has 0 heterocycles. The summed E-state index contributed by atoms with van der Waals surface area (Å²) < 4.78 is 0. The van der Waals surface area contributed by atoms with E-state index in [4.69, 9.17) is 0 Å². The fraction of sp³-hybridized carbons (Fsp3) is 0.400. The first-order valence-corrected chi connectivity index (χ1v) is 5.60. The highest BCUT2D eigenvalue weighted by Crippen LogP contribution is 2.28. The Bertz CT molecular complexity index is 315. The van der Waals surface area contributed by atoms with Crippen LogP contribution in [0.1, 0.15) is 19.8 Å². The van der Waals surface area contributed by atoms with Crippen molar-refractivity contribution in [1.82, 2.24) is 0 Å². The molecule has 0 saturated heterocycles. The largest absolute Gasteiger partial charge is 0.282 e. The topological polar surface area (TPSA) is 43.1 Å². The lowest BCUT2D eigenvalue weighted by atomic mass is 10.3. The van der Waals surface area contributed by atoms with Gasteiger partial charge in [-0.2, -0.15) is 0 Å². The molecular formula is C10H13NO2S. The van der Waals surface area contributed by atoms with Gasteiger partial charge in [0.1, 0.15) is 0 Å². The highest BCUT2D eigenvalue weighted by molar-refractivity contribution is 7.99. The third kappa shape index (κ3) is 3.03. The first-order valence-electron chi connectivity index (χ1n) is 4.62. The SMILES string of the molecule is CCCCSc1ccccc1[N+](=O)[O-]. The van der Waals surface area contributed by atoms with Crippen LogP contribution >= 0.6 is 11.8 Å². The first kappa shape index (κ1) is 11.0. The average Bonchev–Trinajstić information content (AvgIpc) is 2.19. The van der Waals surface area contributed by atoms with E-state index in [1.807, 2.05) is 6.07 Å². The molecule has 1 rings (SSSR count). The van der Waals surface area contributed by atoms with Gasteiger partial charge in [-0.05, 0) is 18.2 Å². The predicted octanol–water partition coefficient (Wildman–Crippen LogP) is 3.49. The van der Waals surface area contributed by atoms with Gasteiger partial charge in [0, 0.05) is 6.07 Å². The van der Waals surface area contributed by atoms with E-state index in [1.165, 1.54) is 0 Å². The minimum atomic E-state index is -0.325. The summed E-state index contributed by atoms with van der Waals surface area (Å²) >= 11 is 1.56. The Morgan fingerprint density at radius 1 is 1.43 bits per heavy atom. The molecule has 76 valence electrons. The van der Waals surface area contributed by atoms with Crippen molar-refractivity contribution in [2.75, 3.05) is 5.75 Å². The Labute approximate surface area is 87.7 Å². The molecule has 1 aromatic rings. The van der Waals surface area contributed by atoms with Gasteiger partial charge in [-0.25, -0.2) is 0 Å². The Kier molecular flexibility index (Phi) is 4.46. The average molecular weight is 211 g/mol. The summed E-state index contributed by atoms with van der Waals surface area (Å²) in [6, 6.07) is 6.88. The van der Waals surface area contributed by atoms with Crippen molar-refractivity contribution in [3.63, 3.8) is 0 Å². The number of hydrogen-bond acceptors (Lipinski definition) is 3. The van der Waals surface area contributed by atoms with Crippen molar-refractivity contribution in [2.24, 2.45) is 0 Å². The van der Waals surface area contributed by atoms with Gasteiger partial charge >= 0.3 is 0 Å². The Balaban J connectivity index is 2.69. The molecule has 4 heteroatoms. The quantitative estimate of drug-likeness (QED) is 0.324. The zero-order valence-electron chi connectivity index (χ0n) is 8.10. The molecule has 0 unspecified atom stereocenters. The van der Waals surface area contributed by atoms with E-state index in [9.17, 15) is 10.1 Å². The van der Waals surface area contributed by atoms with E-state index in [-0.39, 0.29) is 10.6 Å². The fourth-order valence-corrected chi connectivity index (χ4v) is 2.17. The summed E-state index contributed by atoms with van der Waals surface area (Å²) in [5, 5.41) is 10.6. The number of hydrogen-bond donors (Lipinski definition) is 0. The van der Waals surface area contributed by atoms with E-state index in [2.05, 4.69) is 6.92 Å². The molecule has 0 N–H and O–H groups in total. The van der Waals surface area contributed by atoms with Gasteiger partial charge < -0.3 is 0 Å². The van der Waals surface area contributed by atoms with Crippen LogP contribution in [0.5, 0.6) is 0 Å². The lowest BCUT2D eigenvalue weighted by molar-refractivity contribution is -0.387. The van der Waals surface area contributed by atoms with Crippen LogP contribution in [-0.2, 0) is 0 Å². The van der Waals surface area contributed by atoms with Crippen molar-refractivity contribution in [1.29, 1.82) is 0 Å². The van der Waals surface area contributed by atoms with Crippen LogP contribution < -0.4 is 0 Å². The molecule has 0 saturated carbocycles. The van der Waals surface area contributed by atoms with Gasteiger partial charge in [0.25, 0.3) is 5.69 Å². The Hall–Kier alpha value is -1.03. The predicted molar refractivity (Wildman–Crippen MR) is 58.7 cm³/mol. The maximum absolute atomic E-state index is 10.6. The minimum absolute atomic E-state index is 0.216. The second kappa shape index (κ2) is 5.65. The number of rotatable bonds is 5. The van der Waals surface area contributed by atoms with Gasteiger partial charge in [0.05, 0.1) is 9.82 Å². The van der Waals surface area contributed by atoms with Crippen LogP contribution in [-0.4, -0.2) is 10.7 Å². The van der Waals surface area contributed by atoms with E-state index < -0.39 is 0 Å². The number of thioether (sulfide) groups is 1. The fourth-order valence-electron chi connectivity index (χ4n) is 1.06. The molecule has 3 nitrogen and oxygen atoms in total. The molecule has 0 aliphatic heterocycles. The number of nitrogens with zero attached hydrogens (tertiary/aromatic N) is 1. The third-order valence-electron chi connectivity index (χ3n) is 1.82. The van der Waals surface area contributed by atoms with Crippen molar-refractivity contribution in [2.45, 2.75) is 24.7 Å². The van der Waals surface area contributed by atoms with E-state index >= 15 is 0 Å². The zero-order chi connectivity index (χ0) is 10.4. The Morgan fingerprint density at radius 2 is 2.14 bits per heavy atom. The number of para-hydroxylation sites is 1. The number of benzene rings is 1. The lowest BCUT2D eigenvalue weighted by Gasteiger charge is -2.00. The number of nitro groups is 1. The number of unbranched alkanes of at least 4 members (excludes halogenated alkanes) is 1. The molecule has 0 aliphatic carbocycles. The van der Waals surface area contributed by atoms with Crippen LogP contribution in [0, 0.1) is 10.1 Å². The molecule has 1 aromatic carbocycles. The number of nitro benzene ring substituents is 1. The molecule has 0 amide bonds. The summed E-state index contributed by atoms with van der Waals surface area (Å²) in [5.74, 6) is 0.946. The van der Waals surface area contributed by atoms with Crippen LogP contribution in [0.2, 0.25) is 0 Å². The summed E-state index contributed by atoms with van der Waals surface area (Å²) in [5.41, 5.74) is 0.216. The molecule has 14 heavy (non-hydrogen) atoms. The van der Waals surface area contributed by atoms with Crippen molar-refractivity contribution < 1.29 is 4.92 Å². The molecule has 0 fully saturated rings. The van der Waals surface area contributed by atoms with E-state index in [1.54, 1.807) is 30.0 Å². The standard InChI is InChI=1S/C10H13NO2S/c1-2-3-8-14-10-7-5-4-6-9(10)11(12)13/h4-7H,2-3,8H2,1H3. The maximum Gasteiger partial charge on any atom is 0.282 e. The van der Waals surface area contributed by atoms with E-state index in [0.29, 0.717) is 0 Å². The van der Waals surface area contributed by atoms with Crippen LogP contribution in [0.4, 0.5) is 5.69 Å². The molecule has 0 bridgehead atoms. The van der Waals surface area contributed by atoms with Gasteiger partial charge in [0.15, 0.2) is 0 Å². The molecule has 0 atom stereocenters. The van der Waals surface area contributed by atoms with Gasteiger partial charge in [-0.15, -0.1) is 11.8 Å². The van der Waals surface area contributed by atoms with Crippen LogP contribution in [0.25, 0.3) is 0 Å². The second-order valence-electron chi connectivity index (χ2n) is 2.93. The first-order chi connectivity index (χ1) is 6.75. The zero-order valence-corrected chi connectivity index (χ0v) is 8.92. The molecular weight excluding hydrogens is 198 g/mol. The molecule has 0 aromatic heterocycles. The van der Waals surface area contributed by atoms with Gasteiger partial charge in [0.2, 0.25) is 0 Å². The van der Waals surface area contributed by atoms with E-state index in [0.717, 1.165) is 23.5 Å². The lowest BCUT2D eigenvalue weighted by Crippen LogP contribution is -1.90. The van der Waals surface area contributed by atoms with Crippen molar-refractivity contribution >= 4 is 17.4 Å². The van der Waals surface area contributed by atoms with Crippen LogP contribution in [0.15, 0.2) is 29.2 Å². The third-order valence-corrected chi connectivity index (χ3v) is 2.97. The summed E-state index contributed by atoms with van der Waals surface area (Å²) in [6.45, 7) is 2.11. The molecule has 0 radical (unpaired) electrons. The highest BCUT2D eigenvalue weighted by Gasteiger charge is 2.11. The normalized spacial score (nSPS) is 10.1. The van der Waals surface area contributed by atoms with Gasteiger partial charge in [-0.3, -0.25) is 10.1 Å². The van der Waals surface area contributed by atoms with Gasteiger partial charge in [-0.1, -0.05) is 25.5 Å². The summed E-state index contributed by atoms with van der Waals surface area (Å²) in [4.78, 5) is 11.1. The smallest absolute Gasteiger partial charge is 0.258 e. The minimum Gasteiger partial charge on any atom is -0.258 e. The highest BCUT2D eigenvalue weighted by atomic mass is 32.2. The van der Waals surface area contributed by atoms with Crippen molar-refractivity contribution in [3.05, 3.63) is 34.4 Å². The molecule has 0 aliphatic rings. The molecule has 0 spiro atoms. The summed E-state index contributed by atoms with van der Waals surface area (Å²) in [7, 11) is 0. The van der Waals surface area contributed by atoms with Crippen LogP contribution in [0.3, 0.4) is 0 Å². The monoisotopic (exact) mass is 211 g/mol. The maximum atomic E-state index is 10.6.